The maximum atomic E-state index is 13.1. The molecule has 0 aliphatic carbocycles. The number of carbonyl (C=O) groups excluding carboxylic acids is 3. The highest BCUT2D eigenvalue weighted by Gasteiger charge is 2.39. The predicted molar refractivity (Wildman–Crippen MR) is 229 cm³/mol. The molecule has 0 unspecified atom stereocenters. The molecule has 0 spiro atoms. The molecule has 2 fully saturated rings. The lowest BCUT2D eigenvalue weighted by atomic mass is 10.0. The maximum absolute atomic E-state index is 13.1. The molecule has 2 N–H and O–H groups in total. The molecule has 2 saturated heterocycles. The highest BCUT2D eigenvalue weighted by molar-refractivity contribution is 9.10. The molecule has 0 bridgehead atoms. The number of halogens is 1. The van der Waals surface area contributed by atoms with Crippen LogP contribution >= 0.6 is 27.3 Å². The van der Waals surface area contributed by atoms with Crippen LogP contribution in [0.15, 0.2) is 89.4 Å². The van der Waals surface area contributed by atoms with Gasteiger partial charge in [-0.15, -0.1) is 11.3 Å². The molecule has 0 saturated carbocycles. The minimum atomic E-state index is -0.576. The van der Waals surface area contributed by atoms with Gasteiger partial charge in [-0.3, -0.25) is 19.7 Å². The first-order chi connectivity index (χ1) is 27.8. The van der Waals surface area contributed by atoms with Crippen LogP contribution in [-0.4, -0.2) is 82.8 Å². The highest BCUT2D eigenvalue weighted by atomic mass is 79.9. The highest BCUT2D eigenvalue weighted by Crippen LogP contribution is 2.47. The number of ether oxygens (including phenoxy) is 1. The average Bonchev–Trinajstić information content (AvgIpc) is 3.62. The van der Waals surface area contributed by atoms with Crippen LogP contribution in [0.5, 0.6) is 17.2 Å². The van der Waals surface area contributed by atoms with Crippen molar-refractivity contribution in [3.8, 4) is 27.7 Å². The van der Waals surface area contributed by atoms with E-state index in [-0.39, 0.29) is 29.9 Å². The van der Waals surface area contributed by atoms with Crippen LogP contribution in [0.4, 0.5) is 0 Å². The summed E-state index contributed by atoms with van der Waals surface area (Å²) in [5.74, 6) is 1.13. The number of rotatable bonds is 14. The Morgan fingerprint density at radius 1 is 0.789 bits per heavy atom. The fraction of sp³-hybridized carbons (Fsp3) is 0.370. The summed E-state index contributed by atoms with van der Waals surface area (Å²) in [5, 5.41) is 13.5. The van der Waals surface area contributed by atoms with Crippen LogP contribution < -0.4 is 10.1 Å². The minimum absolute atomic E-state index is 0.116. The average molecular weight is 850 g/mol. The number of nitrogens with zero attached hydrogens (tertiary/aromatic N) is 3. The second-order valence-corrected chi connectivity index (χ2v) is 17.5. The molecule has 5 aromatic rings. The lowest BCUT2D eigenvalue weighted by Gasteiger charge is -2.29. The quantitative estimate of drug-likeness (QED) is 0.0851. The Morgan fingerprint density at radius 2 is 1.54 bits per heavy atom. The molecule has 1 atom stereocenters. The number of hydrogen-bond acceptors (Lipinski definition) is 8. The molecule has 11 heteroatoms. The topological polar surface area (TPSA) is 102 Å². The molecule has 296 valence electrons. The zero-order valence-corrected chi connectivity index (χ0v) is 34.6. The second kappa shape index (κ2) is 17.9. The van der Waals surface area contributed by atoms with E-state index >= 15 is 0 Å². The van der Waals surface area contributed by atoms with E-state index in [0.717, 1.165) is 94.2 Å². The van der Waals surface area contributed by atoms with Gasteiger partial charge >= 0.3 is 0 Å². The number of carbonyl (C=O) groups is 3. The third-order valence-electron chi connectivity index (χ3n) is 11.6. The van der Waals surface area contributed by atoms with Gasteiger partial charge in [0, 0.05) is 52.7 Å². The predicted octanol–water partition coefficient (Wildman–Crippen LogP) is 8.94. The molecule has 3 aliphatic heterocycles. The summed E-state index contributed by atoms with van der Waals surface area (Å²) in [5.41, 5.74) is 5.28. The Kier molecular flexibility index (Phi) is 12.4. The monoisotopic (exact) mass is 848 g/mol. The number of amides is 3. The van der Waals surface area contributed by atoms with Gasteiger partial charge in [0.25, 0.3) is 5.91 Å². The first kappa shape index (κ1) is 39.3. The van der Waals surface area contributed by atoms with Crippen LogP contribution in [0.2, 0.25) is 0 Å². The van der Waals surface area contributed by atoms with Crippen molar-refractivity contribution in [1.82, 2.24) is 20.0 Å². The van der Waals surface area contributed by atoms with Crippen LogP contribution in [0.3, 0.4) is 0 Å². The minimum Gasteiger partial charge on any atom is -0.508 e. The van der Waals surface area contributed by atoms with Gasteiger partial charge in [0.1, 0.15) is 17.5 Å². The lowest BCUT2D eigenvalue weighted by molar-refractivity contribution is -0.136. The number of piperidine rings is 1. The normalized spacial score (nSPS) is 17.9. The van der Waals surface area contributed by atoms with Gasteiger partial charge in [0.15, 0.2) is 5.75 Å². The zero-order valence-electron chi connectivity index (χ0n) is 32.2. The van der Waals surface area contributed by atoms with Crippen molar-refractivity contribution in [3.05, 3.63) is 112 Å². The van der Waals surface area contributed by atoms with E-state index in [1.807, 2.05) is 24.3 Å². The largest absolute Gasteiger partial charge is 0.508 e. The Labute approximate surface area is 346 Å². The molecule has 4 heterocycles. The van der Waals surface area contributed by atoms with Crippen molar-refractivity contribution >= 4 is 55.1 Å². The molecule has 0 radical (unpaired) electrons. The SMILES string of the molecule is O=C1CC[C@H](N2Cc3cc(CCN4CCCN(CCCCCCc5ccc(Oc6c(-c7ccc(Br)cc7)sc7cc(O)ccc67)cc5)CC4)ccc3C2=O)C(=O)N1. The molecule has 9 nitrogen and oxygen atoms in total. The number of phenols is 1. The van der Waals surface area contributed by atoms with Gasteiger partial charge in [-0.1, -0.05) is 65.2 Å². The van der Waals surface area contributed by atoms with E-state index in [1.54, 1.807) is 28.4 Å². The summed E-state index contributed by atoms with van der Waals surface area (Å²) in [6.45, 7) is 7.00. The first-order valence-electron chi connectivity index (χ1n) is 20.3. The van der Waals surface area contributed by atoms with E-state index in [0.29, 0.717) is 18.5 Å². The number of aromatic hydroxyl groups is 1. The summed E-state index contributed by atoms with van der Waals surface area (Å²) in [6.07, 6.45) is 8.68. The Bertz CT molecular complexity index is 2240. The van der Waals surface area contributed by atoms with E-state index in [1.165, 1.54) is 43.2 Å². The van der Waals surface area contributed by atoms with E-state index in [9.17, 15) is 19.5 Å². The molecule has 3 aliphatic rings. The van der Waals surface area contributed by atoms with Gasteiger partial charge < -0.3 is 24.5 Å². The van der Waals surface area contributed by atoms with Crippen molar-refractivity contribution in [3.63, 3.8) is 0 Å². The van der Waals surface area contributed by atoms with Gasteiger partial charge in [0.05, 0.1) is 4.88 Å². The van der Waals surface area contributed by atoms with Crippen LogP contribution in [-0.2, 0) is 29.0 Å². The second-order valence-electron chi connectivity index (χ2n) is 15.5. The fourth-order valence-corrected chi connectivity index (χ4v) is 9.79. The third kappa shape index (κ3) is 9.44. The molecule has 57 heavy (non-hydrogen) atoms. The number of nitrogens with one attached hydrogen (secondary N) is 1. The summed E-state index contributed by atoms with van der Waals surface area (Å²) in [6, 6.07) is 27.7. The molecular formula is C46H49BrN4O5S. The van der Waals surface area contributed by atoms with Crippen LogP contribution in [0, 0.1) is 0 Å². The van der Waals surface area contributed by atoms with Crippen molar-refractivity contribution in [2.24, 2.45) is 0 Å². The number of phenolic OH excluding ortho intramolecular Hbond substituents is 1. The third-order valence-corrected chi connectivity index (χ3v) is 13.3. The number of thiophene rings is 1. The molecule has 4 aromatic carbocycles. The molecule has 1 aromatic heterocycles. The molecular weight excluding hydrogens is 800 g/mol. The van der Waals surface area contributed by atoms with Gasteiger partial charge in [-0.25, -0.2) is 0 Å². The fourth-order valence-electron chi connectivity index (χ4n) is 8.36. The van der Waals surface area contributed by atoms with E-state index < -0.39 is 6.04 Å². The Hall–Kier alpha value is -4.55. The standard InChI is InChI=1S/C46H49BrN4O5S/c47-35-12-10-33(11-13-35)44-43(39-18-14-36(52)29-41(39)57-44)56-37-15-7-31(8-16-37)6-3-1-2-4-22-49-23-5-24-50(27-26-49)25-21-32-9-17-38-34(28-32)30-51(46(38)55)40-19-20-42(53)48-45(40)54/h7-18,28-29,40,52H,1-6,19-27,30H2,(H,48,53,54)/t40-/m0/s1. The number of unbranched alkanes of at least 4 members (excludes halogenated alkanes) is 3. The molecule has 8 rings (SSSR count). The number of benzene rings is 4. The Balaban J connectivity index is 0.740. The van der Waals surface area contributed by atoms with Gasteiger partial charge in [-0.2, -0.15) is 0 Å². The summed E-state index contributed by atoms with van der Waals surface area (Å²) in [4.78, 5) is 44.9. The Morgan fingerprint density at radius 3 is 2.33 bits per heavy atom. The number of aryl methyl sites for hydroxylation is 1. The maximum Gasteiger partial charge on any atom is 0.255 e. The van der Waals surface area contributed by atoms with Crippen LogP contribution in [0.1, 0.15) is 72.0 Å². The first-order valence-corrected chi connectivity index (χ1v) is 21.9. The summed E-state index contributed by atoms with van der Waals surface area (Å²) >= 11 is 5.16. The smallest absolute Gasteiger partial charge is 0.255 e. The van der Waals surface area contributed by atoms with E-state index in [4.69, 9.17) is 4.74 Å². The number of imide groups is 1. The molecule has 3 amide bonds. The van der Waals surface area contributed by atoms with Crippen molar-refractivity contribution in [2.45, 2.75) is 70.4 Å². The van der Waals surface area contributed by atoms with Crippen LogP contribution in [0.25, 0.3) is 20.5 Å². The van der Waals surface area contributed by atoms with E-state index in [2.05, 4.69) is 79.6 Å². The zero-order chi connectivity index (χ0) is 39.3. The summed E-state index contributed by atoms with van der Waals surface area (Å²) < 4.78 is 8.55. The summed E-state index contributed by atoms with van der Waals surface area (Å²) in [7, 11) is 0. The van der Waals surface area contributed by atoms with Crippen molar-refractivity contribution < 1.29 is 24.2 Å². The van der Waals surface area contributed by atoms with Gasteiger partial charge in [-0.05, 0) is 129 Å². The number of hydrogen-bond donors (Lipinski definition) is 2. The van der Waals surface area contributed by atoms with Crippen molar-refractivity contribution in [2.75, 3.05) is 39.3 Å². The number of fused-ring (bicyclic) bond motifs is 2. The van der Waals surface area contributed by atoms with Crippen molar-refractivity contribution in [1.29, 1.82) is 0 Å². The van der Waals surface area contributed by atoms with Gasteiger partial charge in [0.2, 0.25) is 11.8 Å². The lowest BCUT2D eigenvalue weighted by Crippen LogP contribution is -2.52.